The maximum absolute atomic E-state index is 5.85. The average Bonchev–Trinajstić information content (AvgIpc) is 3.07. The van der Waals surface area contributed by atoms with Gasteiger partial charge in [0, 0.05) is 42.8 Å². The molecule has 3 aromatic rings. The fourth-order valence-electron chi connectivity index (χ4n) is 3.67. The highest BCUT2D eigenvalue weighted by molar-refractivity contribution is 5.82. The molecule has 0 saturated carbocycles. The maximum Gasteiger partial charge on any atom is 0.226 e. The molecule has 1 aliphatic heterocycles. The quantitative estimate of drug-likeness (QED) is 0.699. The fourth-order valence-corrected chi connectivity index (χ4v) is 3.67. The molecular formula is C21H24N4O2. The summed E-state index contributed by atoms with van der Waals surface area (Å²) in [6.45, 7) is 9.73. The van der Waals surface area contributed by atoms with Gasteiger partial charge >= 0.3 is 0 Å². The summed E-state index contributed by atoms with van der Waals surface area (Å²) >= 11 is 0. The first kappa shape index (κ1) is 17.7. The molecular weight excluding hydrogens is 340 g/mol. The SMILES string of the molecule is Cc1cnccc1-c1cnc(N2C[C@@H](C)O[C@@H](C)C2)nc1-c1ccoc1C. The van der Waals surface area contributed by atoms with Gasteiger partial charge in [-0.1, -0.05) is 0 Å². The second-order valence-corrected chi connectivity index (χ2v) is 7.18. The molecule has 6 nitrogen and oxygen atoms in total. The van der Waals surface area contributed by atoms with E-state index in [-0.39, 0.29) is 12.2 Å². The summed E-state index contributed by atoms with van der Waals surface area (Å²) in [4.78, 5) is 16.1. The Morgan fingerprint density at radius 2 is 1.78 bits per heavy atom. The molecule has 4 rings (SSSR count). The van der Waals surface area contributed by atoms with Crippen molar-refractivity contribution in [3.63, 3.8) is 0 Å². The van der Waals surface area contributed by atoms with Gasteiger partial charge in [-0.05, 0) is 51.0 Å². The van der Waals surface area contributed by atoms with Crippen molar-refractivity contribution in [3.05, 3.63) is 48.3 Å². The Balaban J connectivity index is 1.84. The van der Waals surface area contributed by atoms with Crippen LogP contribution in [0.25, 0.3) is 22.4 Å². The van der Waals surface area contributed by atoms with E-state index >= 15 is 0 Å². The second kappa shape index (κ2) is 7.12. The van der Waals surface area contributed by atoms with Gasteiger partial charge in [0.2, 0.25) is 5.95 Å². The van der Waals surface area contributed by atoms with Crippen LogP contribution in [0.4, 0.5) is 5.95 Å². The van der Waals surface area contributed by atoms with Crippen molar-refractivity contribution < 1.29 is 9.15 Å². The molecule has 6 heteroatoms. The molecule has 1 fully saturated rings. The van der Waals surface area contributed by atoms with Crippen LogP contribution in [0.3, 0.4) is 0 Å². The number of rotatable bonds is 3. The standard InChI is InChI=1S/C21H24N4O2/c1-13-9-22-7-5-17(13)19-10-23-21(25-11-14(2)27-15(3)12-25)24-20(19)18-6-8-26-16(18)4/h5-10,14-15H,11-12H2,1-4H3/t14-,15+. The smallest absolute Gasteiger partial charge is 0.226 e. The molecule has 0 radical (unpaired) electrons. The van der Waals surface area contributed by atoms with E-state index in [1.165, 1.54) is 0 Å². The van der Waals surface area contributed by atoms with E-state index in [1.807, 2.05) is 38.4 Å². The summed E-state index contributed by atoms with van der Waals surface area (Å²) in [6.07, 6.45) is 7.58. The van der Waals surface area contributed by atoms with Crippen molar-refractivity contribution in [1.29, 1.82) is 0 Å². The molecule has 0 aliphatic carbocycles. The average molecular weight is 364 g/mol. The minimum Gasteiger partial charge on any atom is -0.469 e. The van der Waals surface area contributed by atoms with Crippen LogP contribution < -0.4 is 4.90 Å². The van der Waals surface area contributed by atoms with Crippen molar-refractivity contribution in [2.24, 2.45) is 0 Å². The van der Waals surface area contributed by atoms with E-state index in [9.17, 15) is 0 Å². The van der Waals surface area contributed by atoms with Gasteiger partial charge < -0.3 is 14.1 Å². The summed E-state index contributed by atoms with van der Waals surface area (Å²) in [6, 6.07) is 3.97. The van der Waals surface area contributed by atoms with Crippen molar-refractivity contribution in [2.75, 3.05) is 18.0 Å². The summed E-state index contributed by atoms with van der Waals surface area (Å²) in [5.74, 6) is 1.57. The third-order valence-electron chi connectivity index (χ3n) is 4.90. The third kappa shape index (κ3) is 3.45. The lowest BCUT2D eigenvalue weighted by Gasteiger charge is -2.35. The molecule has 3 aromatic heterocycles. The molecule has 2 atom stereocenters. The zero-order valence-corrected chi connectivity index (χ0v) is 16.1. The Bertz CT molecular complexity index is 943. The number of morpholine rings is 1. The first-order valence-corrected chi connectivity index (χ1v) is 9.26. The monoisotopic (exact) mass is 364 g/mol. The van der Waals surface area contributed by atoms with Gasteiger partial charge in [-0.2, -0.15) is 0 Å². The number of aryl methyl sites for hydroxylation is 2. The molecule has 0 bridgehead atoms. The lowest BCUT2D eigenvalue weighted by atomic mass is 9.99. The molecule has 4 heterocycles. The lowest BCUT2D eigenvalue weighted by Crippen LogP contribution is -2.46. The Labute approximate surface area is 159 Å². The second-order valence-electron chi connectivity index (χ2n) is 7.18. The fraction of sp³-hybridized carbons (Fsp3) is 0.381. The van der Waals surface area contributed by atoms with Gasteiger partial charge in [-0.3, -0.25) is 4.98 Å². The molecule has 1 saturated heterocycles. The van der Waals surface area contributed by atoms with Gasteiger partial charge in [-0.25, -0.2) is 9.97 Å². The molecule has 140 valence electrons. The molecule has 1 aliphatic rings. The van der Waals surface area contributed by atoms with Crippen molar-refractivity contribution >= 4 is 5.95 Å². The molecule has 0 aromatic carbocycles. The Morgan fingerprint density at radius 3 is 2.44 bits per heavy atom. The molecule has 0 spiro atoms. The van der Waals surface area contributed by atoms with Crippen LogP contribution in [0, 0.1) is 13.8 Å². The summed E-state index contributed by atoms with van der Waals surface area (Å²) in [7, 11) is 0. The largest absolute Gasteiger partial charge is 0.469 e. The summed E-state index contributed by atoms with van der Waals surface area (Å²) in [5, 5.41) is 0. The maximum atomic E-state index is 5.85. The van der Waals surface area contributed by atoms with E-state index in [2.05, 4.69) is 23.7 Å². The van der Waals surface area contributed by atoms with E-state index < -0.39 is 0 Å². The zero-order valence-electron chi connectivity index (χ0n) is 16.1. The number of nitrogens with zero attached hydrogens (tertiary/aromatic N) is 4. The van der Waals surface area contributed by atoms with Crippen molar-refractivity contribution in [2.45, 2.75) is 39.9 Å². The van der Waals surface area contributed by atoms with Crippen LogP contribution in [-0.4, -0.2) is 40.2 Å². The predicted molar refractivity (Wildman–Crippen MR) is 105 cm³/mol. The highest BCUT2D eigenvalue weighted by atomic mass is 16.5. The number of anilines is 1. The third-order valence-corrected chi connectivity index (χ3v) is 4.90. The van der Waals surface area contributed by atoms with Gasteiger partial charge in [0.1, 0.15) is 5.76 Å². The first-order valence-electron chi connectivity index (χ1n) is 9.26. The minimum absolute atomic E-state index is 0.151. The highest BCUT2D eigenvalue weighted by Gasteiger charge is 2.25. The Morgan fingerprint density at radius 1 is 1.00 bits per heavy atom. The number of hydrogen-bond acceptors (Lipinski definition) is 6. The van der Waals surface area contributed by atoms with Gasteiger partial charge in [0.05, 0.1) is 24.2 Å². The topological polar surface area (TPSA) is 64.3 Å². The van der Waals surface area contributed by atoms with E-state index in [1.54, 1.807) is 12.5 Å². The zero-order chi connectivity index (χ0) is 19.0. The predicted octanol–water partition coefficient (Wildman–Crippen LogP) is 4.03. The number of ether oxygens (including phenoxy) is 1. The molecule has 0 unspecified atom stereocenters. The first-order chi connectivity index (χ1) is 13.0. The number of furan rings is 1. The summed E-state index contributed by atoms with van der Waals surface area (Å²) < 4.78 is 11.4. The van der Waals surface area contributed by atoms with Crippen molar-refractivity contribution in [1.82, 2.24) is 15.0 Å². The Kier molecular flexibility index (Phi) is 4.66. The molecule has 0 amide bonds. The van der Waals surface area contributed by atoms with E-state index in [0.717, 1.165) is 52.7 Å². The van der Waals surface area contributed by atoms with Crippen LogP contribution in [0.2, 0.25) is 0 Å². The number of aromatic nitrogens is 3. The minimum atomic E-state index is 0.151. The lowest BCUT2D eigenvalue weighted by molar-refractivity contribution is -0.00571. The Hall–Kier alpha value is -2.73. The summed E-state index contributed by atoms with van der Waals surface area (Å²) in [5.41, 5.74) is 5.02. The normalized spacial score (nSPS) is 20.1. The van der Waals surface area contributed by atoms with Gasteiger partial charge in [-0.15, -0.1) is 0 Å². The van der Waals surface area contributed by atoms with E-state index in [0.29, 0.717) is 0 Å². The number of pyridine rings is 1. The molecule has 27 heavy (non-hydrogen) atoms. The van der Waals surface area contributed by atoms with Crippen LogP contribution in [0.15, 0.2) is 41.4 Å². The highest BCUT2D eigenvalue weighted by Crippen LogP contribution is 2.35. The number of hydrogen-bond donors (Lipinski definition) is 0. The van der Waals surface area contributed by atoms with Crippen LogP contribution in [0.1, 0.15) is 25.2 Å². The van der Waals surface area contributed by atoms with Gasteiger partial charge in [0.25, 0.3) is 0 Å². The van der Waals surface area contributed by atoms with Gasteiger partial charge in [0.15, 0.2) is 0 Å². The van der Waals surface area contributed by atoms with Crippen LogP contribution in [-0.2, 0) is 4.74 Å². The van der Waals surface area contributed by atoms with Crippen LogP contribution >= 0.6 is 0 Å². The van der Waals surface area contributed by atoms with Crippen molar-refractivity contribution in [3.8, 4) is 22.4 Å². The molecule has 0 N–H and O–H groups in total. The van der Waals surface area contributed by atoms with Crippen LogP contribution in [0.5, 0.6) is 0 Å². The van der Waals surface area contributed by atoms with E-state index in [4.69, 9.17) is 19.1 Å².